The number of fused-ring (bicyclic) bond motifs is 1. The zero-order chi connectivity index (χ0) is 14.8. The van der Waals surface area contributed by atoms with Gasteiger partial charge in [-0.05, 0) is 24.8 Å². The zero-order valence-electron chi connectivity index (χ0n) is 12.3. The van der Waals surface area contributed by atoms with Gasteiger partial charge in [-0.25, -0.2) is 0 Å². The number of nitrogens with two attached hydrogens (primary N) is 1. The molecule has 1 aliphatic rings. The maximum atomic E-state index is 12.6. The molecule has 21 heavy (non-hydrogen) atoms. The van der Waals surface area contributed by atoms with Gasteiger partial charge in [-0.3, -0.25) is 9.78 Å². The number of hydrogen-bond donors (Lipinski definition) is 2. The molecule has 2 heterocycles. The number of nitrogens with one attached hydrogen (secondary N) is 1. The number of anilines is 1. The van der Waals surface area contributed by atoms with Crippen molar-refractivity contribution < 1.29 is 4.79 Å². The van der Waals surface area contributed by atoms with Crippen LogP contribution < -0.4 is 11.1 Å². The average Bonchev–Trinajstić information content (AvgIpc) is 2.69. The predicted molar refractivity (Wildman–Crippen MR) is 87.5 cm³/mol. The molecule has 0 aromatic carbocycles. The molecule has 2 aromatic heterocycles. The topological polar surface area (TPSA) is 68.0 Å². The number of aromatic nitrogens is 1. The highest BCUT2D eigenvalue weighted by Crippen LogP contribution is 2.33. The lowest BCUT2D eigenvalue weighted by Gasteiger charge is -2.22. The van der Waals surface area contributed by atoms with E-state index in [1.54, 1.807) is 12.4 Å². The van der Waals surface area contributed by atoms with Crippen molar-refractivity contribution in [1.82, 2.24) is 10.3 Å². The van der Waals surface area contributed by atoms with Crippen molar-refractivity contribution >= 4 is 33.0 Å². The second kappa shape index (κ2) is 6.02. The van der Waals surface area contributed by atoms with E-state index in [4.69, 9.17) is 5.73 Å². The first kappa shape index (κ1) is 14.3. The molecule has 4 nitrogen and oxygen atoms in total. The van der Waals surface area contributed by atoms with E-state index in [2.05, 4.69) is 17.2 Å². The van der Waals surface area contributed by atoms with Crippen LogP contribution in [0.5, 0.6) is 0 Å². The van der Waals surface area contributed by atoms with E-state index in [1.165, 1.54) is 37.0 Å². The molecule has 0 radical (unpaired) electrons. The van der Waals surface area contributed by atoms with Crippen LogP contribution in [0, 0.1) is 5.92 Å². The van der Waals surface area contributed by atoms with E-state index in [0.29, 0.717) is 16.5 Å². The Labute approximate surface area is 128 Å². The van der Waals surface area contributed by atoms with Crippen LogP contribution in [0.4, 0.5) is 5.69 Å². The predicted octanol–water partition coefficient (Wildman–Crippen LogP) is 3.58. The molecule has 3 rings (SSSR count). The molecule has 2 aromatic rings. The van der Waals surface area contributed by atoms with Gasteiger partial charge in [0.15, 0.2) is 0 Å². The molecule has 0 spiro atoms. The van der Waals surface area contributed by atoms with Crippen LogP contribution in [0.15, 0.2) is 18.5 Å². The van der Waals surface area contributed by atoms with E-state index in [-0.39, 0.29) is 11.9 Å². The first-order valence-electron chi connectivity index (χ1n) is 7.59. The SMILES string of the molecule is CC1CCCCCC1NC(=O)c1sc2cnccc2c1N. The van der Waals surface area contributed by atoms with E-state index in [9.17, 15) is 4.79 Å². The molecular weight excluding hydrogens is 282 g/mol. The number of rotatable bonds is 2. The summed E-state index contributed by atoms with van der Waals surface area (Å²) in [4.78, 5) is 17.3. The van der Waals surface area contributed by atoms with Gasteiger partial charge in [0.25, 0.3) is 5.91 Å². The van der Waals surface area contributed by atoms with Crippen molar-refractivity contribution in [3.05, 3.63) is 23.3 Å². The highest BCUT2D eigenvalue weighted by atomic mass is 32.1. The van der Waals surface area contributed by atoms with E-state index in [0.717, 1.165) is 16.5 Å². The summed E-state index contributed by atoms with van der Waals surface area (Å²) >= 11 is 1.43. The summed E-state index contributed by atoms with van der Waals surface area (Å²) < 4.78 is 0.967. The molecule has 2 atom stereocenters. The summed E-state index contributed by atoms with van der Waals surface area (Å²) in [7, 11) is 0. The monoisotopic (exact) mass is 303 g/mol. The summed E-state index contributed by atoms with van der Waals surface area (Å²) in [5.74, 6) is 0.501. The normalized spacial score (nSPS) is 22.9. The minimum Gasteiger partial charge on any atom is -0.397 e. The van der Waals surface area contributed by atoms with Crippen LogP contribution in [0.2, 0.25) is 0 Å². The zero-order valence-corrected chi connectivity index (χ0v) is 13.1. The number of pyridine rings is 1. The van der Waals surface area contributed by atoms with E-state index in [1.807, 2.05) is 6.07 Å². The van der Waals surface area contributed by atoms with Gasteiger partial charge in [0.1, 0.15) is 4.88 Å². The smallest absolute Gasteiger partial charge is 0.263 e. The Hall–Kier alpha value is -1.62. The molecule has 0 bridgehead atoms. The van der Waals surface area contributed by atoms with Crippen molar-refractivity contribution in [3.8, 4) is 0 Å². The van der Waals surface area contributed by atoms with Crippen LogP contribution in [-0.2, 0) is 0 Å². The van der Waals surface area contributed by atoms with Gasteiger partial charge >= 0.3 is 0 Å². The van der Waals surface area contributed by atoms with Crippen LogP contribution in [0.25, 0.3) is 10.1 Å². The second-order valence-electron chi connectivity index (χ2n) is 5.91. The highest BCUT2D eigenvalue weighted by molar-refractivity contribution is 7.21. The summed E-state index contributed by atoms with van der Waals surface area (Å²) in [6.07, 6.45) is 9.47. The lowest BCUT2D eigenvalue weighted by molar-refractivity contribution is 0.0926. The van der Waals surface area contributed by atoms with Crippen molar-refractivity contribution in [2.75, 3.05) is 5.73 Å². The molecule has 0 saturated heterocycles. The lowest BCUT2D eigenvalue weighted by atomic mass is 9.97. The fourth-order valence-corrected chi connectivity index (χ4v) is 4.07. The number of hydrogen-bond acceptors (Lipinski definition) is 4. The Bertz CT molecular complexity index is 652. The third-order valence-electron chi connectivity index (χ3n) is 4.42. The van der Waals surface area contributed by atoms with Crippen molar-refractivity contribution in [1.29, 1.82) is 0 Å². The number of thiophene rings is 1. The quantitative estimate of drug-likeness (QED) is 0.833. The standard InChI is InChI=1S/C16H21N3OS/c1-10-5-3-2-4-6-12(10)19-16(20)15-14(17)11-7-8-18-9-13(11)21-15/h7-10,12H,2-6,17H2,1H3,(H,19,20). The first-order chi connectivity index (χ1) is 10.2. The Morgan fingerprint density at radius 1 is 1.38 bits per heavy atom. The van der Waals surface area contributed by atoms with Crippen molar-refractivity contribution in [2.24, 2.45) is 5.92 Å². The maximum absolute atomic E-state index is 12.6. The lowest BCUT2D eigenvalue weighted by Crippen LogP contribution is -2.38. The number of amides is 1. The number of nitrogen functional groups attached to an aromatic ring is 1. The summed E-state index contributed by atoms with van der Waals surface area (Å²) in [6.45, 7) is 2.23. The van der Waals surface area contributed by atoms with Crippen molar-refractivity contribution in [3.63, 3.8) is 0 Å². The van der Waals surface area contributed by atoms with Gasteiger partial charge in [-0.2, -0.15) is 0 Å². The molecular formula is C16H21N3OS. The molecule has 1 fully saturated rings. The summed E-state index contributed by atoms with van der Waals surface area (Å²) in [5.41, 5.74) is 6.71. The number of carbonyl (C=O) groups excluding carboxylic acids is 1. The summed E-state index contributed by atoms with van der Waals surface area (Å²) in [5, 5.41) is 4.12. The first-order valence-corrected chi connectivity index (χ1v) is 8.41. The van der Waals surface area contributed by atoms with Gasteiger partial charge in [-0.1, -0.05) is 26.2 Å². The Morgan fingerprint density at radius 2 is 2.19 bits per heavy atom. The molecule has 112 valence electrons. The highest BCUT2D eigenvalue weighted by Gasteiger charge is 2.24. The fourth-order valence-electron chi connectivity index (χ4n) is 3.08. The van der Waals surface area contributed by atoms with E-state index >= 15 is 0 Å². The third kappa shape index (κ3) is 2.88. The molecule has 1 aliphatic carbocycles. The van der Waals surface area contributed by atoms with Gasteiger partial charge in [0, 0.05) is 23.8 Å². The molecule has 1 saturated carbocycles. The van der Waals surface area contributed by atoms with Crippen LogP contribution in [-0.4, -0.2) is 16.9 Å². The second-order valence-corrected chi connectivity index (χ2v) is 6.96. The minimum atomic E-state index is -0.0348. The average molecular weight is 303 g/mol. The largest absolute Gasteiger partial charge is 0.397 e. The van der Waals surface area contributed by atoms with E-state index < -0.39 is 0 Å². The molecule has 2 unspecified atom stereocenters. The van der Waals surface area contributed by atoms with Gasteiger partial charge in [-0.15, -0.1) is 11.3 Å². The summed E-state index contributed by atoms with van der Waals surface area (Å²) in [6, 6.07) is 2.13. The molecule has 1 amide bonds. The van der Waals surface area contributed by atoms with Crippen LogP contribution >= 0.6 is 11.3 Å². The van der Waals surface area contributed by atoms with Crippen LogP contribution in [0.3, 0.4) is 0 Å². The Kier molecular flexibility index (Phi) is 4.10. The van der Waals surface area contributed by atoms with Gasteiger partial charge < -0.3 is 11.1 Å². The Morgan fingerprint density at radius 3 is 3.00 bits per heavy atom. The third-order valence-corrected chi connectivity index (χ3v) is 5.57. The molecule has 5 heteroatoms. The van der Waals surface area contributed by atoms with Gasteiger partial charge in [0.2, 0.25) is 0 Å². The molecule has 0 aliphatic heterocycles. The molecule has 3 N–H and O–H groups in total. The Balaban J connectivity index is 1.81. The number of carbonyl (C=O) groups is 1. The minimum absolute atomic E-state index is 0.0348. The van der Waals surface area contributed by atoms with Gasteiger partial charge in [0.05, 0.1) is 10.4 Å². The van der Waals surface area contributed by atoms with Crippen LogP contribution in [0.1, 0.15) is 48.7 Å². The van der Waals surface area contributed by atoms with Crippen molar-refractivity contribution in [2.45, 2.75) is 45.1 Å². The number of nitrogens with zero attached hydrogens (tertiary/aromatic N) is 1. The maximum Gasteiger partial charge on any atom is 0.263 e. The fraction of sp³-hybridized carbons (Fsp3) is 0.500.